The fraction of sp³-hybridized carbons (Fsp3) is 0.417. The number of aliphatic hydroxyl groups is 2. The smallest absolute Gasteiger partial charge is 0.408 e. The molecule has 98 valence electrons. The molecule has 0 spiro atoms. The van der Waals surface area contributed by atoms with Gasteiger partial charge in [0.1, 0.15) is 0 Å². The van der Waals surface area contributed by atoms with E-state index in [0.717, 1.165) is 12.0 Å². The van der Waals surface area contributed by atoms with E-state index in [1.165, 1.54) is 0 Å². The van der Waals surface area contributed by atoms with Crippen molar-refractivity contribution in [1.82, 2.24) is 10.3 Å². The summed E-state index contributed by atoms with van der Waals surface area (Å²) in [5, 5.41) is 20.8. The number of nitrogens with one attached hydrogen (secondary N) is 2. The van der Waals surface area contributed by atoms with Gasteiger partial charge < -0.3 is 19.9 Å². The van der Waals surface area contributed by atoms with E-state index < -0.39 is 11.9 Å². The van der Waals surface area contributed by atoms with Crippen molar-refractivity contribution in [3.05, 3.63) is 34.3 Å². The summed E-state index contributed by atoms with van der Waals surface area (Å²) in [6.07, 6.45) is 0.0263. The lowest BCUT2D eigenvalue weighted by atomic mass is 10.1. The minimum Gasteiger partial charge on any atom is -0.408 e. The first-order chi connectivity index (χ1) is 8.69. The molecule has 0 amide bonds. The highest BCUT2D eigenvalue weighted by Crippen LogP contribution is 2.12. The van der Waals surface area contributed by atoms with Crippen LogP contribution in [-0.4, -0.2) is 41.0 Å². The lowest BCUT2D eigenvalue weighted by Gasteiger charge is -2.08. The Labute approximate surface area is 103 Å². The first-order valence-corrected chi connectivity index (χ1v) is 5.80. The molecule has 2 aromatic rings. The first kappa shape index (κ1) is 12.8. The summed E-state index contributed by atoms with van der Waals surface area (Å²) in [7, 11) is 0. The van der Waals surface area contributed by atoms with Gasteiger partial charge in [-0.3, -0.25) is 4.98 Å². The van der Waals surface area contributed by atoms with Gasteiger partial charge in [-0.2, -0.15) is 0 Å². The Bertz CT molecular complexity index is 560. The summed E-state index contributed by atoms with van der Waals surface area (Å²) in [5.74, 6) is -0.452. The summed E-state index contributed by atoms with van der Waals surface area (Å²) in [6, 6.07) is 5.54. The Kier molecular flexibility index (Phi) is 4.14. The predicted octanol–water partition coefficient (Wildman–Crippen LogP) is -0.394. The molecular formula is C12H16N2O4. The summed E-state index contributed by atoms with van der Waals surface area (Å²) in [6.45, 7) is 0.794. The molecule has 1 unspecified atom stereocenters. The third-order valence-corrected chi connectivity index (χ3v) is 2.67. The van der Waals surface area contributed by atoms with Gasteiger partial charge in [0.2, 0.25) is 0 Å². The second-order valence-electron chi connectivity index (χ2n) is 4.14. The summed E-state index contributed by atoms with van der Waals surface area (Å²) < 4.78 is 4.97. The van der Waals surface area contributed by atoms with Crippen LogP contribution in [0.1, 0.15) is 5.56 Å². The van der Waals surface area contributed by atoms with Crippen LogP contribution in [0.3, 0.4) is 0 Å². The predicted molar refractivity (Wildman–Crippen MR) is 66.5 cm³/mol. The van der Waals surface area contributed by atoms with Crippen molar-refractivity contribution in [2.24, 2.45) is 0 Å². The zero-order valence-electron chi connectivity index (χ0n) is 9.85. The number of hydrogen-bond donors (Lipinski definition) is 4. The van der Waals surface area contributed by atoms with Crippen LogP contribution >= 0.6 is 0 Å². The van der Waals surface area contributed by atoms with Crippen LogP contribution < -0.4 is 11.1 Å². The number of benzene rings is 1. The molecule has 0 aliphatic heterocycles. The lowest BCUT2D eigenvalue weighted by Crippen LogP contribution is -2.30. The largest absolute Gasteiger partial charge is 0.417 e. The Morgan fingerprint density at radius 2 is 2.28 bits per heavy atom. The average Bonchev–Trinajstić information content (AvgIpc) is 2.73. The minimum absolute atomic E-state index is 0.243. The van der Waals surface area contributed by atoms with E-state index in [9.17, 15) is 4.79 Å². The maximum atomic E-state index is 11.0. The first-order valence-electron chi connectivity index (χ1n) is 5.80. The number of aliphatic hydroxyl groups excluding tert-OH is 2. The quantitative estimate of drug-likeness (QED) is 0.525. The number of aromatic amines is 1. The number of rotatable bonds is 6. The van der Waals surface area contributed by atoms with Crippen LogP contribution in [0.5, 0.6) is 0 Å². The van der Waals surface area contributed by atoms with Crippen LogP contribution in [0.4, 0.5) is 0 Å². The Morgan fingerprint density at radius 1 is 1.44 bits per heavy atom. The zero-order chi connectivity index (χ0) is 13.0. The molecule has 6 heteroatoms. The van der Waals surface area contributed by atoms with Gasteiger partial charge in [-0.25, -0.2) is 4.79 Å². The molecule has 1 aromatic carbocycles. The normalized spacial score (nSPS) is 13.0. The van der Waals surface area contributed by atoms with Gasteiger partial charge in [0.15, 0.2) is 5.58 Å². The van der Waals surface area contributed by atoms with Crippen LogP contribution in [-0.2, 0) is 6.42 Å². The topological polar surface area (TPSA) is 98.5 Å². The Morgan fingerprint density at radius 3 is 3.06 bits per heavy atom. The molecule has 0 aliphatic rings. The highest BCUT2D eigenvalue weighted by Gasteiger charge is 2.03. The average molecular weight is 252 g/mol. The monoisotopic (exact) mass is 252 g/mol. The van der Waals surface area contributed by atoms with E-state index in [2.05, 4.69) is 10.3 Å². The van der Waals surface area contributed by atoms with Gasteiger partial charge >= 0.3 is 5.76 Å². The molecule has 2 rings (SSSR count). The Balaban J connectivity index is 1.89. The molecular weight excluding hydrogens is 236 g/mol. The standard InChI is InChI=1S/C12H16N2O4/c15-7-9(16)6-13-4-3-8-1-2-10-11(5-8)18-12(17)14-10/h1-2,5,9,13,15-16H,3-4,6-7H2,(H,14,17). The molecule has 1 heterocycles. The van der Waals surface area contributed by atoms with Crippen molar-refractivity contribution >= 4 is 11.1 Å². The van der Waals surface area contributed by atoms with Crippen LogP contribution in [0, 0.1) is 0 Å². The number of oxazole rings is 1. The highest BCUT2D eigenvalue weighted by atomic mass is 16.4. The highest BCUT2D eigenvalue weighted by molar-refractivity contribution is 5.72. The van der Waals surface area contributed by atoms with Gasteiger partial charge in [-0.05, 0) is 30.7 Å². The third-order valence-electron chi connectivity index (χ3n) is 2.67. The van der Waals surface area contributed by atoms with E-state index in [4.69, 9.17) is 14.6 Å². The molecule has 0 saturated carbocycles. The van der Waals surface area contributed by atoms with Crippen LogP contribution in [0.15, 0.2) is 27.4 Å². The van der Waals surface area contributed by atoms with Crippen molar-refractivity contribution < 1.29 is 14.6 Å². The van der Waals surface area contributed by atoms with Gasteiger partial charge in [0.05, 0.1) is 18.2 Å². The van der Waals surface area contributed by atoms with Gasteiger partial charge in [-0.15, -0.1) is 0 Å². The molecule has 0 saturated heterocycles. The minimum atomic E-state index is -0.727. The molecule has 0 bridgehead atoms. The van der Waals surface area contributed by atoms with Crippen molar-refractivity contribution in [3.63, 3.8) is 0 Å². The molecule has 0 radical (unpaired) electrons. The van der Waals surface area contributed by atoms with Crippen molar-refractivity contribution in [2.75, 3.05) is 19.7 Å². The van der Waals surface area contributed by atoms with Gasteiger partial charge in [0.25, 0.3) is 0 Å². The molecule has 6 nitrogen and oxygen atoms in total. The number of aromatic nitrogens is 1. The number of fused-ring (bicyclic) bond motifs is 1. The second-order valence-corrected chi connectivity index (χ2v) is 4.14. The Hall–Kier alpha value is -1.63. The molecule has 1 atom stereocenters. The fourth-order valence-corrected chi connectivity index (χ4v) is 1.71. The van der Waals surface area contributed by atoms with Crippen LogP contribution in [0.2, 0.25) is 0 Å². The summed E-state index contributed by atoms with van der Waals surface area (Å²) in [4.78, 5) is 13.6. The fourth-order valence-electron chi connectivity index (χ4n) is 1.71. The van der Waals surface area contributed by atoms with Gasteiger partial charge in [-0.1, -0.05) is 6.07 Å². The summed E-state index contributed by atoms with van der Waals surface area (Å²) >= 11 is 0. The van der Waals surface area contributed by atoms with Gasteiger partial charge in [0, 0.05) is 6.54 Å². The molecule has 4 N–H and O–H groups in total. The molecule has 0 fully saturated rings. The van der Waals surface area contributed by atoms with E-state index in [-0.39, 0.29) is 6.61 Å². The van der Waals surface area contributed by atoms with E-state index in [1.54, 1.807) is 6.07 Å². The second kappa shape index (κ2) is 5.81. The maximum Gasteiger partial charge on any atom is 0.417 e. The van der Waals surface area contributed by atoms with Crippen LogP contribution in [0.25, 0.3) is 11.1 Å². The SMILES string of the molecule is O=c1[nH]c2ccc(CCNCC(O)CO)cc2o1. The summed E-state index contributed by atoms with van der Waals surface area (Å²) in [5.41, 5.74) is 2.27. The van der Waals surface area contributed by atoms with Crippen molar-refractivity contribution in [1.29, 1.82) is 0 Å². The van der Waals surface area contributed by atoms with E-state index in [1.807, 2.05) is 12.1 Å². The maximum absolute atomic E-state index is 11.0. The molecule has 0 aliphatic carbocycles. The third kappa shape index (κ3) is 3.19. The zero-order valence-corrected chi connectivity index (χ0v) is 9.85. The molecule has 1 aromatic heterocycles. The lowest BCUT2D eigenvalue weighted by molar-refractivity contribution is 0.0947. The number of hydrogen-bond acceptors (Lipinski definition) is 5. The number of H-pyrrole nitrogens is 1. The van der Waals surface area contributed by atoms with E-state index in [0.29, 0.717) is 24.2 Å². The molecule has 18 heavy (non-hydrogen) atoms. The van der Waals surface area contributed by atoms with E-state index >= 15 is 0 Å². The van der Waals surface area contributed by atoms with Crippen molar-refractivity contribution in [2.45, 2.75) is 12.5 Å². The van der Waals surface area contributed by atoms with Crippen molar-refractivity contribution in [3.8, 4) is 0 Å².